The Bertz CT molecular complexity index is 1110. The molecule has 0 fully saturated rings. The third-order valence-electron chi connectivity index (χ3n) is 4.22. The number of aromatic nitrogens is 1. The van der Waals surface area contributed by atoms with Crippen LogP contribution in [0.3, 0.4) is 0 Å². The molecule has 140 valence electrons. The Morgan fingerprint density at radius 1 is 1.11 bits per heavy atom. The highest BCUT2D eigenvalue weighted by molar-refractivity contribution is 7.21. The monoisotopic (exact) mass is 408 g/mol. The Kier molecular flexibility index (Phi) is 5.28. The fraction of sp³-hybridized carbons (Fsp3) is 0.0909. The number of carbonyl (C=O) groups excluding carboxylic acids is 1. The van der Waals surface area contributed by atoms with Crippen LogP contribution in [-0.2, 0) is 4.79 Å². The van der Waals surface area contributed by atoms with Crippen molar-refractivity contribution in [2.75, 3.05) is 11.9 Å². The van der Waals surface area contributed by atoms with Crippen LogP contribution < -0.4 is 10.1 Å². The van der Waals surface area contributed by atoms with E-state index in [0.717, 1.165) is 32.0 Å². The molecule has 3 aromatic carbocycles. The fourth-order valence-corrected chi connectivity index (χ4v) is 3.89. The van der Waals surface area contributed by atoms with Crippen LogP contribution in [0, 0.1) is 6.92 Å². The Balaban J connectivity index is 1.43. The Morgan fingerprint density at radius 2 is 1.89 bits per heavy atom. The van der Waals surface area contributed by atoms with Crippen molar-refractivity contribution in [3.63, 3.8) is 0 Å². The smallest absolute Gasteiger partial charge is 0.262 e. The van der Waals surface area contributed by atoms with E-state index in [1.165, 1.54) is 0 Å². The highest BCUT2D eigenvalue weighted by Crippen LogP contribution is 2.31. The molecule has 1 heterocycles. The van der Waals surface area contributed by atoms with Crippen LogP contribution in [0.2, 0.25) is 5.02 Å². The maximum Gasteiger partial charge on any atom is 0.262 e. The number of fused-ring (bicyclic) bond motifs is 1. The van der Waals surface area contributed by atoms with Crippen LogP contribution in [0.15, 0.2) is 66.7 Å². The maximum atomic E-state index is 12.2. The minimum absolute atomic E-state index is 0.0688. The summed E-state index contributed by atoms with van der Waals surface area (Å²) in [6.45, 7) is 1.90. The van der Waals surface area contributed by atoms with Gasteiger partial charge in [0, 0.05) is 16.3 Å². The Morgan fingerprint density at radius 3 is 2.64 bits per heavy atom. The average molecular weight is 409 g/mol. The maximum absolute atomic E-state index is 12.2. The largest absolute Gasteiger partial charge is 0.484 e. The van der Waals surface area contributed by atoms with Crippen molar-refractivity contribution in [2.45, 2.75) is 6.92 Å². The van der Waals surface area contributed by atoms with Gasteiger partial charge in [0.15, 0.2) is 6.61 Å². The lowest BCUT2D eigenvalue weighted by molar-refractivity contribution is -0.118. The number of thiazole rings is 1. The van der Waals surface area contributed by atoms with Crippen molar-refractivity contribution < 1.29 is 9.53 Å². The molecule has 1 amide bonds. The number of hydrogen-bond acceptors (Lipinski definition) is 4. The molecule has 28 heavy (non-hydrogen) atoms. The van der Waals surface area contributed by atoms with Gasteiger partial charge < -0.3 is 10.1 Å². The van der Waals surface area contributed by atoms with Crippen LogP contribution in [0.1, 0.15) is 5.56 Å². The number of amides is 1. The van der Waals surface area contributed by atoms with E-state index in [4.69, 9.17) is 16.3 Å². The summed E-state index contributed by atoms with van der Waals surface area (Å²) < 4.78 is 6.64. The molecule has 0 aliphatic heterocycles. The number of ether oxygens (including phenoxy) is 1. The minimum Gasteiger partial charge on any atom is -0.484 e. The summed E-state index contributed by atoms with van der Waals surface area (Å²) >= 11 is 7.50. The Hall–Kier alpha value is -2.89. The molecule has 0 unspecified atom stereocenters. The number of nitrogens with one attached hydrogen (secondary N) is 1. The van der Waals surface area contributed by atoms with Crippen LogP contribution >= 0.6 is 22.9 Å². The van der Waals surface area contributed by atoms with E-state index in [0.29, 0.717) is 10.8 Å². The van der Waals surface area contributed by atoms with Gasteiger partial charge in [-0.3, -0.25) is 4.79 Å². The standard InChI is InChI=1S/C22H17ClN2O2S/c1-14-12-15(22-25-19-4-2-3-5-20(19)28-22)6-11-18(14)24-21(26)13-27-17-9-7-16(23)8-10-17/h2-12H,13H2,1H3,(H,24,26). The van der Waals surface area contributed by atoms with Crippen molar-refractivity contribution in [1.82, 2.24) is 4.98 Å². The molecule has 1 N–H and O–H groups in total. The van der Waals surface area contributed by atoms with Gasteiger partial charge in [0.05, 0.1) is 10.2 Å². The van der Waals surface area contributed by atoms with Gasteiger partial charge in [-0.25, -0.2) is 4.98 Å². The molecule has 0 radical (unpaired) electrons. The number of aryl methyl sites for hydroxylation is 1. The van der Waals surface area contributed by atoms with Crippen LogP contribution in [0.5, 0.6) is 5.75 Å². The van der Waals surface area contributed by atoms with Crippen molar-refractivity contribution in [3.05, 3.63) is 77.3 Å². The predicted molar refractivity (Wildman–Crippen MR) is 115 cm³/mol. The zero-order valence-electron chi connectivity index (χ0n) is 15.1. The van der Waals surface area contributed by atoms with E-state index in [2.05, 4.69) is 16.4 Å². The lowest BCUT2D eigenvalue weighted by Crippen LogP contribution is -2.20. The summed E-state index contributed by atoms with van der Waals surface area (Å²) in [7, 11) is 0. The quantitative estimate of drug-likeness (QED) is 0.444. The number of nitrogens with zero attached hydrogens (tertiary/aromatic N) is 1. The summed E-state index contributed by atoms with van der Waals surface area (Å²) in [6, 6.07) is 20.9. The first-order valence-corrected chi connectivity index (χ1v) is 9.93. The zero-order chi connectivity index (χ0) is 19.5. The lowest BCUT2D eigenvalue weighted by Gasteiger charge is -2.10. The number of para-hydroxylation sites is 1. The SMILES string of the molecule is Cc1cc(-c2nc3ccccc3s2)ccc1NC(=O)COc1ccc(Cl)cc1. The first-order valence-electron chi connectivity index (χ1n) is 8.73. The summed E-state index contributed by atoms with van der Waals surface area (Å²) in [5.74, 6) is 0.383. The third kappa shape index (κ3) is 4.16. The summed E-state index contributed by atoms with van der Waals surface area (Å²) in [5.41, 5.74) is 3.76. The van der Waals surface area contributed by atoms with E-state index in [-0.39, 0.29) is 12.5 Å². The van der Waals surface area contributed by atoms with E-state index in [1.54, 1.807) is 35.6 Å². The molecule has 4 rings (SSSR count). The normalized spacial score (nSPS) is 10.8. The molecule has 4 aromatic rings. The first-order chi connectivity index (χ1) is 13.6. The average Bonchev–Trinajstić information content (AvgIpc) is 3.13. The highest BCUT2D eigenvalue weighted by atomic mass is 35.5. The van der Waals surface area contributed by atoms with E-state index >= 15 is 0 Å². The van der Waals surface area contributed by atoms with Crippen molar-refractivity contribution in [3.8, 4) is 16.3 Å². The molecule has 0 spiro atoms. The second-order valence-corrected chi connectivity index (χ2v) is 7.77. The van der Waals surface area contributed by atoms with Gasteiger partial charge in [0.25, 0.3) is 5.91 Å². The number of carbonyl (C=O) groups is 1. The minimum atomic E-state index is -0.217. The molecule has 0 bridgehead atoms. The van der Waals surface area contributed by atoms with Crippen molar-refractivity contribution >= 4 is 44.7 Å². The molecule has 0 saturated carbocycles. The van der Waals surface area contributed by atoms with Gasteiger partial charge in [0.2, 0.25) is 0 Å². The number of rotatable bonds is 5. The lowest BCUT2D eigenvalue weighted by atomic mass is 10.1. The number of benzene rings is 3. The number of anilines is 1. The topological polar surface area (TPSA) is 51.2 Å². The molecule has 6 heteroatoms. The molecule has 0 saturated heterocycles. The van der Waals surface area contributed by atoms with Crippen molar-refractivity contribution in [2.24, 2.45) is 0 Å². The van der Waals surface area contributed by atoms with E-state index in [1.807, 2.05) is 43.3 Å². The van der Waals surface area contributed by atoms with Gasteiger partial charge >= 0.3 is 0 Å². The van der Waals surface area contributed by atoms with Gasteiger partial charge in [-0.2, -0.15) is 0 Å². The zero-order valence-corrected chi connectivity index (χ0v) is 16.7. The Labute approximate surface area is 171 Å². The number of hydrogen-bond donors (Lipinski definition) is 1. The summed E-state index contributed by atoms with van der Waals surface area (Å²) in [6.07, 6.45) is 0. The van der Waals surface area contributed by atoms with Crippen LogP contribution in [-0.4, -0.2) is 17.5 Å². The van der Waals surface area contributed by atoms with Gasteiger partial charge in [-0.1, -0.05) is 23.7 Å². The summed E-state index contributed by atoms with van der Waals surface area (Å²) in [5, 5.41) is 4.48. The molecule has 0 atom stereocenters. The van der Waals surface area contributed by atoms with Gasteiger partial charge in [-0.15, -0.1) is 11.3 Å². The van der Waals surface area contributed by atoms with E-state index < -0.39 is 0 Å². The molecule has 0 aliphatic carbocycles. The van der Waals surface area contributed by atoms with Crippen molar-refractivity contribution in [1.29, 1.82) is 0 Å². The molecule has 4 nitrogen and oxygen atoms in total. The molecular weight excluding hydrogens is 392 g/mol. The second kappa shape index (κ2) is 8.00. The highest BCUT2D eigenvalue weighted by Gasteiger charge is 2.10. The number of halogens is 1. The van der Waals surface area contributed by atoms with Crippen LogP contribution in [0.25, 0.3) is 20.8 Å². The van der Waals surface area contributed by atoms with E-state index in [9.17, 15) is 4.79 Å². The molecule has 0 aliphatic rings. The second-order valence-electron chi connectivity index (χ2n) is 6.31. The molecular formula is C22H17ClN2O2S. The fourth-order valence-electron chi connectivity index (χ4n) is 2.80. The van der Waals surface area contributed by atoms with Crippen LogP contribution in [0.4, 0.5) is 5.69 Å². The first kappa shape index (κ1) is 18.5. The van der Waals surface area contributed by atoms with Gasteiger partial charge in [0.1, 0.15) is 10.8 Å². The summed E-state index contributed by atoms with van der Waals surface area (Å²) in [4.78, 5) is 16.9. The van der Waals surface area contributed by atoms with Gasteiger partial charge in [-0.05, 0) is 67.1 Å². The third-order valence-corrected chi connectivity index (χ3v) is 5.56. The molecule has 1 aromatic heterocycles. The predicted octanol–water partition coefficient (Wildman–Crippen LogP) is 5.94.